The lowest BCUT2D eigenvalue weighted by atomic mass is 10.2. The van der Waals surface area contributed by atoms with Crippen molar-refractivity contribution in [1.82, 2.24) is 4.98 Å². The normalized spacial score (nSPS) is 10.1. The van der Waals surface area contributed by atoms with Crippen molar-refractivity contribution in [2.75, 3.05) is 0 Å². The molecule has 4 heteroatoms. The van der Waals surface area contributed by atoms with Crippen LogP contribution < -0.4 is 10.5 Å². The molecule has 0 bridgehead atoms. The molecule has 1 aromatic carbocycles. The van der Waals surface area contributed by atoms with Crippen LogP contribution in [0.3, 0.4) is 0 Å². The molecule has 0 fully saturated rings. The van der Waals surface area contributed by atoms with Crippen LogP contribution in [0, 0.1) is 0 Å². The molecule has 2 N–H and O–H groups in total. The molecule has 0 aliphatic rings. The first-order valence-electron chi connectivity index (χ1n) is 4.86. The number of hydrogen-bond acceptors (Lipinski definition) is 3. The highest BCUT2D eigenvalue weighted by Gasteiger charge is 2.06. The van der Waals surface area contributed by atoms with Gasteiger partial charge in [-0.3, -0.25) is 4.98 Å². The van der Waals surface area contributed by atoms with Crippen molar-refractivity contribution >= 4 is 11.6 Å². The minimum absolute atomic E-state index is 0.347. The van der Waals surface area contributed by atoms with Crippen molar-refractivity contribution in [2.24, 2.45) is 5.73 Å². The first kappa shape index (κ1) is 10.9. The van der Waals surface area contributed by atoms with Gasteiger partial charge in [0.1, 0.15) is 11.5 Å². The second kappa shape index (κ2) is 4.96. The average Bonchev–Trinajstić information content (AvgIpc) is 2.31. The lowest BCUT2D eigenvalue weighted by Gasteiger charge is -2.10. The van der Waals surface area contributed by atoms with Gasteiger partial charge in [0.25, 0.3) is 0 Å². The maximum Gasteiger partial charge on any atom is 0.133 e. The van der Waals surface area contributed by atoms with Gasteiger partial charge in [-0.25, -0.2) is 0 Å². The molecule has 0 saturated heterocycles. The van der Waals surface area contributed by atoms with Crippen LogP contribution in [0.5, 0.6) is 11.5 Å². The second-order valence-corrected chi connectivity index (χ2v) is 3.61. The second-order valence-electron chi connectivity index (χ2n) is 3.21. The fourth-order valence-corrected chi connectivity index (χ4v) is 1.61. The van der Waals surface area contributed by atoms with Gasteiger partial charge in [-0.2, -0.15) is 0 Å². The molecular weight excluding hydrogens is 224 g/mol. The number of ether oxygens (including phenoxy) is 1. The zero-order valence-electron chi connectivity index (χ0n) is 8.56. The molecule has 0 aliphatic heterocycles. The third-order valence-corrected chi connectivity index (χ3v) is 2.51. The lowest BCUT2D eigenvalue weighted by molar-refractivity contribution is 0.476. The van der Waals surface area contributed by atoms with E-state index in [1.807, 2.05) is 12.1 Å². The first-order chi connectivity index (χ1) is 7.81. The Morgan fingerprint density at radius 3 is 2.62 bits per heavy atom. The van der Waals surface area contributed by atoms with E-state index >= 15 is 0 Å². The Balaban J connectivity index is 2.31. The smallest absolute Gasteiger partial charge is 0.133 e. The monoisotopic (exact) mass is 234 g/mol. The molecule has 0 amide bonds. The van der Waals surface area contributed by atoms with Crippen LogP contribution in [-0.4, -0.2) is 4.98 Å². The maximum atomic E-state index is 6.02. The minimum atomic E-state index is 0.347. The Morgan fingerprint density at radius 1 is 1.19 bits per heavy atom. The Bertz CT molecular complexity index is 474. The number of aromatic nitrogens is 1. The van der Waals surface area contributed by atoms with Crippen molar-refractivity contribution in [2.45, 2.75) is 6.54 Å². The van der Waals surface area contributed by atoms with Gasteiger partial charge in [0.15, 0.2) is 0 Å². The number of halogens is 1. The highest BCUT2D eigenvalue weighted by molar-refractivity contribution is 6.31. The maximum absolute atomic E-state index is 6.02. The van der Waals surface area contributed by atoms with Gasteiger partial charge in [0.2, 0.25) is 0 Å². The predicted octanol–water partition coefficient (Wildman–Crippen LogP) is 2.99. The van der Waals surface area contributed by atoms with Gasteiger partial charge < -0.3 is 10.5 Å². The lowest BCUT2D eigenvalue weighted by Crippen LogP contribution is -2.00. The highest BCUT2D eigenvalue weighted by atomic mass is 35.5. The summed E-state index contributed by atoms with van der Waals surface area (Å²) in [5.74, 6) is 1.40. The molecule has 1 heterocycles. The molecule has 0 unspecified atom stereocenters. The minimum Gasteiger partial charge on any atom is -0.457 e. The predicted molar refractivity (Wildman–Crippen MR) is 63.7 cm³/mol. The Morgan fingerprint density at radius 2 is 1.94 bits per heavy atom. The van der Waals surface area contributed by atoms with E-state index in [4.69, 9.17) is 22.1 Å². The Kier molecular flexibility index (Phi) is 3.39. The van der Waals surface area contributed by atoms with Crippen LogP contribution in [0.1, 0.15) is 5.56 Å². The van der Waals surface area contributed by atoms with Crippen LogP contribution in [-0.2, 0) is 6.54 Å². The van der Waals surface area contributed by atoms with Gasteiger partial charge in [-0.1, -0.05) is 17.7 Å². The van der Waals surface area contributed by atoms with Crippen LogP contribution in [0.2, 0.25) is 5.02 Å². The number of nitrogens with two attached hydrogens (primary N) is 1. The molecule has 16 heavy (non-hydrogen) atoms. The van der Waals surface area contributed by atoms with Gasteiger partial charge >= 0.3 is 0 Å². The summed E-state index contributed by atoms with van der Waals surface area (Å²) in [5, 5.41) is 0.619. The molecule has 3 nitrogen and oxygen atoms in total. The molecule has 0 spiro atoms. The third-order valence-electron chi connectivity index (χ3n) is 2.16. The van der Waals surface area contributed by atoms with Crippen molar-refractivity contribution in [3.8, 4) is 11.5 Å². The van der Waals surface area contributed by atoms with E-state index < -0.39 is 0 Å². The molecule has 0 saturated carbocycles. The summed E-state index contributed by atoms with van der Waals surface area (Å²) in [6.07, 6.45) is 3.34. The summed E-state index contributed by atoms with van der Waals surface area (Å²) in [4.78, 5) is 3.92. The van der Waals surface area contributed by atoms with Crippen molar-refractivity contribution in [3.05, 3.63) is 53.3 Å². The van der Waals surface area contributed by atoms with Gasteiger partial charge in [-0.15, -0.1) is 0 Å². The van der Waals surface area contributed by atoms with E-state index in [1.54, 1.807) is 30.6 Å². The summed E-state index contributed by atoms with van der Waals surface area (Å²) in [5.41, 5.74) is 6.43. The van der Waals surface area contributed by atoms with Gasteiger partial charge in [0, 0.05) is 29.5 Å². The number of nitrogens with zero attached hydrogens (tertiary/aromatic N) is 1. The van der Waals surface area contributed by atoms with Gasteiger partial charge in [-0.05, 0) is 24.3 Å². The summed E-state index contributed by atoms with van der Waals surface area (Å²) in [6.45, 7) is 0.347. The molecule has 0 atom stereocenters. The fourth-order valence-electron chi connectivity index (χ4n) is 1.37. The van der Waals surface area contributed by atoms with E-state index in [-0.39, 0.29) is 0 Å². The van der Waals surface area contributed by atoms with Crippen molar-refractivity contribution in [3.63, 3.8) is 0 Å². The first-order valence-corrected chi connectivity index (χ1v) is 5.24. The number of rotatable bonds is 3. The quantitative estimate of drug-likeness (QED) is 0.888. The Labute approximate surface area is 98.8 Å². The van der Waals surface area contributed by atoms with E-state index in [0.717, 1.165) is 5.56 Å². The van der Waals surface area contributed by atoms with E-state index in [2.05, 4.69) is 4.98 Å². The largest absolute Gasteiger partial charge is 0.457 e. The van der Waals surface area contributed by atoms with Crippen LogP contribution in [0.15, 0.2) is 42.7 Å². The van der Waals surface area contributed by atoms with E-state index in [9.17, 15) is 0 Å². The van der Waals surface area contributed by atoms with Crippen LogP contribution >= 0.6 is 11.6 Å². The molecular formula is C12H11ClN2O. The van der Waals surface area contributed by atoms with Crippen molar-refractivity contribution < 1.29 is 4.74 Å². The average molecular weight is 235 g/mol. The SMILES string of the molecule is NCc1c(Cl)cccc1Oc1ccncc1. The summed E-state index contributed by atoms with van der Waals surface area (Å²) in [7, 11) is 0. The molecule has 1 aromatic heterocycles. The number of pyridine rings is 1. The summed E-state index contributed by atoms with van der Waals surface area (Å²) in [6, 6.07) is 9.03. The number of benzene rings is 1. The number of hydrogen-bond donors (Lipinski definition) is 1. The van der Waals surface area contributed by atoms with Crippen LogP contribution in [0.4, 0.5) is 0 Å². The summed E-state index contributed by atoms with van der Waals surface area (Å²) < 4.78 is 5.68. The molecule has 0 aliphatic carbocycles. The zero-order chi connectivity index (χ0) is 11.4. The van der Waals surface area contributed by atoms with Gasteiger partial charge in [0.05, 0.1) is 0 Å². The highest BCUT2D eigenvalue weighted by Crippen LogP contribution is 2.29. The molecule has 82 valence electrons. The van der Waals surface area contributed by atoms with Crippen LogP contribution in [0.25, 0.3) is 0 Å². The topological polar surface area (TPSA) is 48.1 Å². The zero-order valence-corrected chi connectivity index (χ0v) is 9.32. The fraction of sp³-hybridized carbons (Fsp3) is 0.0833. The third kappa shape index (κ3) is 2.32. The van der Waals surface area contributed by atoms with E-state index in [0.29, 0.717) is 23.1 Å². The molecule has 2 rings (SSSR count). The molecule has 0 radical (unpaired) electrons. The standard InChI is InChI=1S/C12H11ClN2O/c13-11-2-1-3-12(10(11)8-14)16-9-4-6-15-7-5-9/h1-7H,8,14H2. The van der Waals surface area contributed by atoms with Crippen molar-refractivity contribution in [1.29, 1.82) is 0 Å². The molecule has 2 aromatic rings. The summed E-state index contributed by atoms with van der Waals surface area (Å²) >= 11 is 6.02. The van der Waals surface area contributed by atoms with E-state index in [1.165, 1.54) is 0 Å². The Hall–Kier alpha value is -1.58.